The summed E-state index contributed by atoms with van der Waals surface area (Å²) in [4.78, 5) is 15.3. The zero-order valence-corrected chi connectivity index (χ0v) is 56.2. The molecule has 0 bridgehead atoms. The van der Waals surface area contributed by atoms with Crippen LogP contribution in [0.2, 0.25) is 0 Å². The predicted octanol–water partition coefficient (Wildman–Crippen LogP) is 22.7. The van der Waals surface area contributed by atoms with E-state index in [0.717, 1.165) is 105 Å². The lowest BCUT2D eigenvalue weighted by atomic mass is 9.95. The molecule has 8 aromatic carbocycles. The summed E-state index contributed by atoms with van der Waals surface area (Å²) < 4.78 is 19.1. The molecule has 0 spiro atoms. The summed E-state index contributed by atoms with van der Waals surface area (Å²) in [7, 11) is 27.8. The standard InChI is InChI=1S/C52H28N4O3.H18P16/c53-29-30-9-6-12-32(25-30)33-19-22-44-40(26-33)48-36(14-7-17-46(48)58-44)34-20-23-45-41(27-34)49-38(15-8-18-47(49)59-45)52-55-50(31-10-2-1-3-11-31)54-51(56-52)35-21-24-43-39(28-35)37-13-4-5-16-42(37)57-43;1-10(2)14(9)16(13(7)8)15(11(3)4)12(5)6/h1-28H;1-9H2. The van der Waals surface area contributed by atoms with Crippen LogP contribution < -0.4 is 0 Å². The van der Waals surface area contributed by atoms with E-state index >= 15 is 0 Å². The van der Waals surface area contributed by atoms with Gasteiger partial charge < -0.3 is 13.3 Å². The van der Waals surface area contributed by atoms with Gasteiger partial charge in [-0.2, -0.15) is 5.26 Å². The molecule has 0 fully saturated rings. The Morgan fingerprint density at radius 3 is 1.47 bits per heavy atom. The fourth-order valence-corrected chi connectivity index (χ4v) is 173. The molecule has 12 rings (SSSR count). The van der Waals surface area contributed by atoms with Crippen LogP contribution in [0.4, 0.5) is 0 Å². The van der Waals surface area contributed by atoms with E-state index in [1.54, 1.807) is 0 Å². The van der Waals surface area contributed by atoms with Crippen LogP contribution in [0.15, 0.2) is 183 Å². The third-order valence-corrected chi connectivity index (χ3v) is 108. The highest BCUT2D eigenvalue weighted by Gasteiger charge is 2.35. The maximum Gasteiger partial charge on any atom is 0.164 e. The molecule has 75 heavy (non-hydrogen) atoms. The van der Waals surface area contributed by atoms with E-state index in [2.05, 4.69) is 129 Å². The Labute approximate surface area is 463 Å². The van der Waals surface area contributed by atoms with Gasteiger partial charge >= 0.3 is 0 Å². The van der Waals surface area contributed by atoms with Crippen molar-refractivity contribution in [3.63, 3.8) is 0 Å². The second-order valence-electron chi connectivity index (χ2n) is 17.0. The van der Waals surface area contributed by atoms with E-state index in [9.17, 15) is 5.26 Å². The molecule has 0 aliphatic carbocycles. The van der Waals surface area contributed by atoms with Gasteiger partial charge in [0.05, 0.1) is 11.6 Å². The molecule has 0 saturated carbocycles. The Kier molecular flexibility index (Phi) is 18.0. The van der Waals surface area contributed by atoms with Crippen molar-refractivity contribution in [3.05, 3.63) is 175 Å². The highest BCUT2D eigenvalue weighted by Crippen LogP contribution is 3.24. The first kappa shape index (κ1) is 55.4. The smallest absolute Gasteiger partial charge is 0.164 e. The minimum Gasteiger partial charge on any atom is -0.456 e. The molecule has 0 radical (unpaired) electrons. The third kappa shape index (κ3) is 11.6. The molecule has 7 nitrogen and oxygen atoms in total. The number of nitriles is 1. The van der Waals surface area contributed by atoms with Crippen LogP contribution in [0.5, 0.6) is 0 Å². The monoisotopic (exact) mass is 1270 g/mol. The molecule has 0 amide bonds. The normalized spacial score (nSPS) is 12.8. The lowest BCUT2D eigenvalue weighted by Crippen LogP contribution is -2.00. The maximum absolute atomic E-state index is 9.55. The van der Waals surface area contributed by atoms with Crippen LogP contribution in [0.1, 0.15) is 5.56 Å². The van der Waals surface area contributed by atoms with Gasteiger partial charge in [0.25, 0.3) is 0 Å². The van der Waals surface area contributed by atoms with E-state index in [4.69, 9.17) is 28.2 Å². The SMILES string of the molecule is N#Cc1cccc(-c2ccc3oc4cccc(-c5ccc6oc7cccc(-c8nc(-c9ccccc9)nc(-c9ccc%10oc%11ccccc%11c%10c9)n8)c7c6c5)c4c3c2)c1.PP(P)P(P)P(P(P)P)P(P(P)P)P(P)P. The summed E-state index contributed by atoms with van der Waals surface area (Å²) >= 11 is 0. The number of rotatable bonds is 11. The summed E-state index contributed by atoms with van der Waals surface area (Å²) in [5.41, 5.74) is 12.0. The van der Waals surface area contributed by atoms with Crippen molar-refractivity contribution >= 4 is 195 Å². The van der Waals surface area contributed by atoms with Gasteiger partial charge in [-0.05, 0) is 144 Å². The Bertz CT molecular complexity index is 4140. The van der Waals surface area contributed by atoms with Gasteiger partial charge in [0.15, 0.2) is 17.5 Å². The summed E-state index contributed by atoms with van der Waals surface area (Å²) in [5, 5.41) is 15.5. The van der Waals surface area contributed by atoms with Crippen molar-refractivity contribution in [2.24, 2.45) is 0 Å². The number of aromatic nitrogens is 3. The molecule has 11 unspecified atom stereocenters. The summed E-state index contributed by atoms with van der Waals surface area (Å²) in [6.07, 6.45) is 0. The first-order valence-corrected chi connectivity index (χ1v) is 51.0. The van der Waals surface area contributed by atoms with Gasteiger partial charge in [-0.25, -0.2) is 15.0 Å². The van der Waals surface area contributed by atoms with Crippen LogP contribution in [-0.2, 0) is 0 Å². The Hall–Kier alpha value is -1.46. The minimum atomic E-state index is 0.0635. The van der Waals surface area contributed by atoms with Crippen LogP contribution in [-0.4, -0.2) is 15.0 Å². The van der Waals surface area contributed by atoms with Gasteiger partial charge in [-0.15, -0.1) is 80.4 Å². The number of fused-ring (bicyclic) bond motifs is 9. The van der Waals surface area contributed by atoms with Crippen molar-refractivity contribution < 1.29 is 13.3 Å². The average molecular weight is 1270 g/mol. The lowest BCUT2D eigenvalue weighted by Gasteiger charge is -2.40. The van der Waals surface area contributed by atoms with Crippen molar-refractivity contribution in [2.45, 2.75) is 0 Å². The summed E-state index contributed by atoms with van der Waals surface area (Å²) in [5.74, 6) is 1.68. The maximum atomic E-state index is 9.55. The van der Waals surface area contributed by atoms with Crippen LogP contribution in [0.25, 0.3) is 122 Å². The molecule has 0 aliphatic rings. The highest BCUT2D eigenvalue weighted by molar-refractivity contribution is 9.30. The van der Waals surface area contributed by atoms with Gasteiger partial charge in [-0.3, -0.25) is 0 Å². The fourth-order valence-electron chi connectivity index (χ4n) is 9.08. The number of hydrogen-bond donors (Lipinski definition) is 0. The van der Waals surface area contributed by atoms with E-state index in [-0.39, 0.29) is 48.9 Å². The third-order valence-electron chi connectivity index (χ3n) is 12.4. The number of hydrogen-bond acceptors (Lipinski definition) is 7. The molecular weight excluding hydrogens is 1220 g/mol. The van der Waals surface area contributed by atoms with E-state index in [1.807, 2.05) is 127 Å². The molecule has 4 heterocycles. The predicted molar refractivity (Wildman–Crippen MR) is 369 cm³/mol. The fraction of sp³-hybridized carbons (Fsp3) is 0. The molecular formula is C52H46N4O3P16. The molecule has 4 aromatic heterocycles. The zero-order chi connectivity index (χ0) is 52.1. The second-order valence-corrected chi connectivity index (χ2v) is 78.8. The van der Waals surface area contributed by atoms with Gasteiger partial charge in [0, 0.05) is 49.0 Å². The second kappa shape index (κ2) is 24.3. The van der Waals surface area contributed by atoms with Crippen molar-refractivity contribution in [1.29, 1.82) is 5.26 Å². The molecule has 372 valence electrons. The molecule has 0 aliphatic heterocycles. The van der Waals surface area contributed by atoms with Gasteiger partial charge in [-0.1, -0.05) is 97.1 Å². The van der Waals surface area contributed by atoms with Crippen LogP contribution >= 0.6 is 129 Å². The molecule has 0 N–H and O–H groups in total. The molecule has 23 heteroatoms. The molecule has 0 saturated heterocycles. The Morgan fingerprint density at radius 1 is 0.347 bits per heavy atom. The highest BCUT2D eigenvalue weighted by atomic mass is 33.4. The van der Waals surface area contributed by atoms with Crippen molar-refractivity contribution in [3.8, 4) is 62.5 Å². The average Bonchev–Trinajstić information content (AvgIpc) is 4.13. The Morgan fingerprint density at radius 2 is 0.813 bits per heavy atom. The number of para-hydroxylation sites is 1. The first-order valence-electron chi connectivity index (χ1n) is 22.8. The Balaban J connectivity index is 0.000000328. The van der Waals surface area contributed by atoms with E-state index < -0.39 is 0 Å². The molecule has 11 atom stereocenters. The first-order chi connectivity index (χ1) is 36.3. The number of furan rings is 3. The minimum absolute atomic E-state index is 0.0635. The number of nitrogens with zero attached hydrogens (tertiary/aromatic N) is 4. The largest absolute Gasteiger partial charge is 0.456 e. The number of benzene rings is 8. The lowest BCUT2D eigenvalue weighted by molar-refractivity contribution is 0.668. The van der Waals surface area contributed by atoms with E-state index in [0.29, 0.717) is 23.0 Å². The summed E-state index contributed by atoms with van der Waals surface area (Å²) in [6.45, 7) is 0.740. The zero-order valence-electron chi connectivity index (χ0n) is 39.5. The quantitative estimate of drug-likeness (QED) is 0.119. The van der Waals surface area contributed by atoms with Gasteiger partial charge in [0.1, 0.15) is 33.5 Å². The van der Waals surface area contributed by atoms with Crippen LogP contribution in [0, 0.1) is 11.3 Å². The van der Waals surface area contributed by atoms with Crippen molar-refractivity contribution in [2.75, 3.05) is 0 Å². The van der Waals surface area contributed by atoms with Crippen molar-refractivity contribution in [1.82, 2.24) is 15.0 Å². The van der Waals surface area contributed by atoms with Gasteiger partial charge in [0.2, 0.25) is 0 Å². The van der Waals surface area contributed by atoms with E-state index in [1.165, 1.54) is 0 Å². The van der Waals surface area contributed by atoms with Crippen LogP contribution in [0.3, 0.4) is 0 Å². The molecule has 12 aromatic rings. The summed E-state index contributed by atoms with van der Waals surface area (Å²) in [6, 6.07) is 58.8. The topological polar surface area (TPSA) is 102 Å².